The molecule has 0 saturated carbocycles. The first kappa shape index (κ1) is 16.2. The van der Waals surface area contributed by atoms with Crippen molar-refractivity contribution in [2.75, 3.05) is 32.9 Å². The lowest BCUT2D eigenvalue weighted by molar-refractivity contribution is 0.0678. The van der Waals surface area contributed by atoms with E-state index in [1.165, 1.54) is 12.1 Å². The van der Waals surface area contributed by atoms with Gasteiger partial charge < -0.3 is 15.2 Å². The third kappa shape index (κ3) is 4.96. The van der Waals surface area contributed by atoms with Crippen molar-refractivity contribution in [1.29, 1.82) is 0 Å². The van der Waals surface area contributed by atoms with E-state index in [9.17, 15) is 8.42 Å². The van der Waals surface area contributed by atoms with Crippen LogP contribution in [0.4, 0.5) is 0 Å². The lowest BCUT2D eigenvalue weighted by atomic mass is 10.0. The van der Waals surface area contributed by atoms with Crippen molar-refractivity contribution >= 4 is 10.0 Å². The van der Waals surface area contributed by atoms with E-state index in [0.717, 1.165) is 12.8 Å². The second kappa shape index (κ2) is 7.74. The quantitative estimate of drug-likeness (QED) is 0.774. The standard InChI is InChI=1S/C14H22N2O4S/c15-7-10-20-13-1-3-14(4-2-13)21(17,18)16-11-12-5-8-19-9-6-12/h1-4,12,16H,5-11,15H2. The zero-order valence-electron chi connectivity index (χ0n) is 12.0. The van der Waals surface area contributed by atoms with E-state index < -0.39 is 10.0 Å². The maximum Gasteiger partial charge on any atom is 0.240 e. The Morgan fingerprint density at radius 1 is 1.24 bits per heavy atom. The van der Waals surface area contributed by atoms with E-state index in [4.69, 9.17) is 15.2 Å². The summed E-state index contributed by atoms with van der Waals surface area (Å²) < 4.78 is 37.6. The van der Waals surface area contributed by atoms with Gasteiger partial charge in [0.05, 0.1) is 4.90 Å². The smallest absolute Gasteiger partial charge is 0.240 e. The number of benzene rings is 1. The molecule has 2 rings (SSSR count). The molecule has 3 N–H and O–H groups in total. The largest absolute Gasteiger partial charge is 0.492 e. The van der Waals surface area contributed by atoms with Crippen LogP contribution >= 0.6 is 0 Å². The van der Waals surface area contributed by atoms with E-state index >= 15 is 0 Å². The molecule has 1 aromatic carbocycles. The summed E-state index contributed by atoms with van der Waals surface area (Å²) in [7, 11) is -3.47. The van der Waals surface area contributed by atoms with Crippen LogP contribution in [0.2, 0.25) is 0 Å². The van der Waals surface area contributed by atoms with Gasteiger partial charge in [-0.15, -0.1) is 0 Å². The zero-order valence-corrected chi connectivity index (χ0v) is 12.8. The van der Waals surface area contributed by atoms with Gasteiger partial charge in [-0.1, -0.05) is 0 Å². The van der Waals surface area contributed by atoms with E-state index in [2.05, 4.69) is 4.72 Å². The molecule has 0 radical (unpaired) electrons. The molecular weight excluding hydrogens is 292 g/mol. The molecule has 1 saturated heterocycles. The molecule has 0 spiro atoms. The normalized spacial score (nSPS) is 16.8. The Morgan fingerprint density at radius 3 is 2.52 bits per heavy atom. The molecule has 7 heteroatoms. The molecule has 0 atom stereocenters. The van der Waals surface area contributed by atoms with Crippen molar-refractivity contribution in [3.8, 4) is 5.75 Å². The Balaban J connectivity index is 1.91. The highest BCUT2D eigenvalue weighted by atomic mass is 32.2. The average Bonchev–Trinajstić information content (AvgIpc) is 2.52. The van der Waals surface area contributed by atoms with Gasteiger partial charge in [0, 0.05) is 26.3 Å². The minimum absolute atomic E-state index is 0.245. The number of hydrogen-bond donors (Lipinski definition) is 2. The summed E-state index contributed by atoms with van der Waals surface area (Å²) in [5.41, 5.74) is 5.35. The average molecular weight is 314 g/mol. The van der Waals surface area contributed by atoms with Gasteiger partial charge in [-0.25, -0.2) is 13.1 Å². The summed E-state index contributed by atoms with van der Waals surface area (Å²) in [6.07, 6.45) is 1.79. The van der Waals surface area contributed by atoms with E-state index in [1.807, 2.05) is 0 Å². The molecule has 21 heavy (non-hydrogen) atoms. The maximum atomic E-state index is 12.2. The van der Waals surface area contributed by atoms with Crippen LogP contribution < -0.4 is 15.2 Å². The van der Waals surface area contributed by atoms with Crippen molar-refractivity contribution < 1.29 is 17.9 Å². The molecular formula is C14H22N2O4S. The maximum absolute atomic E-state index is 12.2. The fraction of sp³-hybridized carbons (Fsp3) is 0.571. The predicted molar refractivity (Wildman–Crippen MR) is 79.7 cm³/mol. The van der Waals surface area contributed by atoms with Crippen LogP contribution in [0, 0.1) is 5.92 Å². The Morgan fingerprint density at radius 2 is 1.90 bits per heavy atom. The van der Waals surface area contributed by atoms with Crippen molar-refractivity contribution in [3.63, 3.8) is 0 Å². The number of rotatable bonds is 7. The van der Waals surface area contributed by atoms with Crippen LogP contribution in [0.25, 0.3) is 0 Å². The highest BCUT2D eigenvalue weighted by Crippen LogP contribution is 2.17. The first-order valence-electron chi connectivity index (χ1n) is 7.12. The molecule has 118 valence electrons. The molecule has 1 fully saturated rings. The molecule has 1 aliphatic heterocycles. The third-order valence-electron chi connectivity index (χ3n) is 3.42. The summed E-state index contributed by atoms with van der Waals surface area (Å²) in [5, 5.41) is 0. The highest BCUT2D eigenvalue weighted by molar-refractivity contribution is 7.89. The summed E-state index contributed by atoms with van der Waals surface area (Å²) in [5.74, 6) is 0.963. The molecule has 6 nitrogen and oxygen atoms in total. The minimum atomic E-state index is -3.47. The van der Waals surface area contributed by atoms with Crippen LogP contribution in [-0.2, 0) is 14.8 Å². The first-order chi connectivity index (χ1) is 10.1. The zero-order chi connectivity index (χ0) is 15.1. The van der Waals surface area contributed by atoms with Crippen LogP contribution in [0.5, 0.6) is 5.75 Å². The van der Waals surface area contributed by atoms with Gasteiger partial charge in [0.15, 0.2) is 0 Å². The predicted octanol–water partition coefficient (Wildman–Crippen LogP) is 0.729. The lowest BCUT2D eigenvalue weighted by Crippen LogP contribution is -2.32. The molecule has 0 amide bonds. The van der Waals surface area contributed by atoms with Gasteiger partial charge in [-0.05, 0) is 43.0 Å². The van der Waals surface area contributed by atoms with Gasteiger partial charge in [0.25, 0.3) is 0 Å². The molecule has 0 aliphatic carbocycles. The monoisotopic (exact) mass is 314 g/mol. The van der Waals surface area contributed by atoms with Gasteiger partial charge >= 0.3 is 0 Å². The topological polar surface area (TPSA) is 90.7 Å². The van der Waals surface area contributed by atoms with Crippen molar-refractivity contribution in [1.82, 2.24) is 4.72 Å². The number of hydrogen-bond acceptors (Lipinski definition) is 5. The fourth-order valence-corrected chi connectivity index (χ4v) is 3.27. The van der Waals surface area contributed by atoms with Crippen molar-refractivity contribution in [2.45, 2.75) is 17.7 Å². The Bertz CT molecular complexity index is 524. The van der Waals surface area contributed by atoms with Gasteiger partial charge in [-0.3, -0.25) is 0 Å². The van der Waals surface area contributed by atoms with Crippen LogP contribution in [0.3, 0.4) is 0 Å². The Hall–Kier alpha value is -1.15. The fourth-order valence-electron chi connectivity index (χ4n) is 2.15. The highest BCUT2D eigenvalue weighted by Gasteiger charge is 2.19. The SMILES string of the molecule is NCCOc1ccc(S(=O)(=O)NCC2CCOCC2)cc1. The Labute approximate surface area is 125 Å². The van der Waals surface area contributed by atoms with Crippen LogP contribution in [0.1, 0.15) is 12.8 Å². The molecule has 0 bridgehead atoms. The molecule has 1 heterocycles. The lowest BCUT2D eigenvalue weighted by Gasteiger charge is -2.22. The number of ether oxygens (including phenoxy) is 2. The summed E-state index contributed by atoms with van der Waals surface area (Å²) in [4.78, 5) is 0.245. The minimum Gasteiger partial charge on any atom is -0.492 e. The summed E-state index contributed by atoms with van der Waals surface area (Å²) in [6, 6.07) is 6.35. The molecule has 1 aliphatic rings. The van der Waals surface area contributed by atoms with E-state index in [1.54, 1.807) is 12.1 Å². The number of nitrogens with two attached hydrogens (primary N) is 1. The van der Waals surface area contributed by atoms with E-state index in [-0.39, 0.29) is 4.90 Å². The number of sulfonamides is 1. The van der Waals surface area contributed by atoms with Crippen LogP contribution in [0.15, 0.2) is 29.2 Å². The van der Waals surface area contributed by atoms with Crippen molar-refractivity contribution in [3.05, 3.63) is 24.3 Å². The molecule has 1 aromatic rings. The number of nitrogens with one attached hydrogen (secondary N) is 1. The molecule has 0 aromatic heterocycles. The van der Waals surface area contributed by atoms with E-state index in [0.29, 0.717) is 44.6 Å². The summed E-state index contributed by atoms with van der Waals surface area (Å²) >= 11 is 0. The third-order valence-corrected chi connectivity index (χ3v) is 4.86. The first-order valence-corrected chi connectivity index (χ1v) is 8.60. The molecule has 0 unspecified atom stereocenters. The summed E-state index contributed by atoms with van der Waals surface area (Å²) in [6.45, 7) is 2.71. The van der Waals surface area contributed by atoms with Gasteiger partial charge in [0.2, 0.25) is 10.0 Å². The second-order valence-corrected chi connectivity index (χ2v) is 6.78. The van der Waals surface area contributed by atoms with Crippen LogP contribution in [-0.4, -0.2) is 41.3 Å². The second-order valence-electron chi connectivity index (χ2n) is 5.02. The van der Waals surface area contributed by atoms with Gasteiger partial charge in [0.1, 0.15) is 12.4 Å². The van der Waals surface area contributed by atoms with Gasteiger partial charge in [-0.2, -0.15) is 0 Å². The Kier molecular flexibility index (Phi) is 5.98. The van der Waals surface area contributed by atoms with Crippen molar-refractivity contribution in [2.24, 2.45) is 11.7 Å².